The van der Waals surface area contributed by atoms with E-state index in [1.807, 2.05) is 6.07 Å². The second-order valence-electron chi connectivity index (χ2n) is 3.27. The summed E-state index contributed by atoms with van der Waals surface area (Å²) >= 11 is 0. The lowest BCUT2D eigenvalue weighted by atomic mass is 10.1. The van der Waals surface area contributed by atoms with E-state index in [0.717, 1.165) is 0 Å². The van der Waals surface area contributed by atoms with Crippen molar-refractivity contribution in [2.75, 3.05) is 0 Å². The van der Waals surface area contributed by atoms with Crippen molar-refractivity contribution < 1.29 is 19.1 Å². The maximum Gasteiger partial charge on any atom is 0.320 e. The highest BCUT2D eigenvalue weighted by molar-refractivity contribution is 5.93. The molecule has 5 heteroatoms. The zero-order chi connectivity index (χ0) is 10.6. The molecular formula is C9H11NO4. The number of unbranched alkanes of at least 4 members (excludes halogenated alkanes) is 1. The molecule has 1 fully saturated rings. The highest BCUT2D eigenvalue weighted by atomic mass is 16.7. The van der Waals surface area contributed by atoms with Crippen LogP contribution in [-0.2, 0) is 19.1 Å². The van der Waals surface area contributed by atoms with Gasteiger partial charge in [0.1, 0.15) is 6.42 Å². The highest BCUT2D eigenvalue weighted by Crippen LogP contribution is 2.25. The minimum atomic E-state index is -1.18. The Bertz CT molecular complexity index is 276. The maximum absolute atomic E-state index is 10.9. The number of rotatable bonds is 3. The molecule has 1 rings (SSSR count). The number of carbonyl (C=O) groups is 2. The number of cyclic esters (lactones) is 2. The van der Waals surface area contributed by atoms with Crippen LogP contribution >= 0.6 is 0 Å². The Labute approximate surface area is 81.6 Å². The summed E-state index contributed by atoms with van der Waals surface area (Å²) in [5, 5.41) is 8.32. The molecule has 1 heterocycles. The fourth-order valence-corrected chi connectivity index (χ4v) is 1.28. The average Bonchev–Trinajstić information content (AvgIpc) is 2.01. The number of carbonyl (C=O) groups excluding carboxylic acids is 2. The number of hydrogen-bond acceptors (Lipinski definition) is 5. The predicted molar refractivity (Wildman–Crippen MR) is 44.7 cm³/mol. The second kappa shape index (κ2) is 4.09. The molecular weight excluding hydrogens is 186 g/mol. The van der Waals surface area contributed by atoms with Crippen LogP contribution in [0.25, 0.3) is 0 Å². The number of esters is 2. The van der Waals surface area contributed by atoms with Gasteiger partial charge in [0.25, 0.3) is 5.79 Å². The van der Waals surface area contributed by atoms with Gasteiger partial charge in [-0.2, -0.15) is 5.26 Å². The van der Waals surface area contributed by atoms with Gasteiger partial charge < -0.3 is 9.47 Å². The molecule has 1 aliphatic rings. The van der Waals surface area contributed by atoms with Crippen LogP contribution in [0.3, 0.4) is 0 Å². The van der Waals surface area contributed by atoms with E-state index in [-0.39, 0.29) is 6.42 Å². The third kappa shape index (κ3) is 2.73. The summed E-state index contributed by atoms with van der Waals surface area (Å²) < 4.78 is 9.80. The smallest absolute Gasteiger partial charge is 0.320 e. The first-order valence-corrected chi connectivity index (χ1v) is 4.36. The van der Waals surface area contributed by atoms with Crippen molar-refractivity contribution >= 4 is 11.9 Å². The van der Waals surface area contributed by atoms with Crippen molar-refractivity contribution in [3.63, 3.8) is 0 Å². The Kier molecular flexibility index (Phi) is 3.07. The van der Waals surface area contributed by atoms with Crippen LogP contribution in [0.1, 0.15) is 32.6 Å². The SMILES string of the molecule is CC1(CCCC#N)OC(=O)CC(=O)O1. The van der Waals surface area contributed by atoms with Gasteiger partial charge in [0.15, 0.2) is 0 Å². The lowest BCUT2D eigenvalue weighted by Crippen LogP contribution is -2.42. The predicted octanol–water partition coefficient (Wildman–Crippen LogP) is 0.887. The van der Waals surface area contributed by atoms with Gasteiger partial charge in [-0.05, 0) is 6.42 Å². The quantitative estimate of drug-likeness (QED) is 0.381. The number of nitriles is 1. The van der Waals surface area contributed by atoms with Crippen molar-refractivity contribution in [3.05, 3.63) is 0 Å². The van der Waals surface area contributed by atoms with Crippen molar-refractivity contribution in [1.82, 2.24) is 0 Å². The van der Waals surface area contributed by atoms with Crippen LogP contribution < -0.4 is 0 Å². The molecule has 1 saturated heterocycles. The fourth-order valence-electron chi connectivity index (χ4n) is 1.28. The monoisotopic (exact) mass is 197 g/mol. The summed E-state index contributed by atoms with van der Waals surface area (Å²) in [6.07, 6.45) is 0.921. The molecule has 0 spiro atoms. The van der Waals surface area contributed by atoms with Gasteiger partial charge in [0, 0.05) is 19.8 Å². The van der Waals surface area contributed by atoms with Crippen molar-refractivity contribution in [2.24, 2.45) is 0 Å². The molecule has 0 amide bonds. The number of hydrogen-bond donors (Lipinski definition) is 0. The number of ether oxygens (including phenoxy) is 2. The molecule has 0 aliphatic carbocycles. The molecule has 0 unspecified atom stereocenters. The first kappa shape index (κ1) is 10.5. The van der Waals surface area contributed by atoms with Crippen LogP contribution in [0.5, 0.6) is 0 Å². The zero-order valence-electron chi connectivity index (χ0n) is 7.91. The molecule has 0 aromatic heterocycles. The summed E-state index contributed by atoms with van der Waals surface area (Å²) in [6.45, 7) is 1.53. The van der Waals surface area contributed by atoms with Crippen molar-refractivity contribution in [3.8, 4) is 6.07 Å². The van der Waals surface area contributed by atoms with E-state index in [2.05, 4.69) is 0 Å². The van der Waals surface area contributed by atoms with Gasteiger partial charge in [-0.25, -0.2) is 0 Å². The minimum Gasteiger partial charge on any atom is -0.422 e. The summed E-state index contributed by atoms with van der Waals surface area (Å²) in [5.74, 6) is -2.31. The molecule has 1 aliphatic heterocycles. The number of nitrogens with zero attached hydrogens (tertiary/aromatic N) is 1. The van der Waals surface area contributed by atoms with Gasteiger partial charge in [-0.15, -0.1) is 0 Å². The lowest BCUT2D eigenvalue weighted by molar-refractivity contribution is -0.239. The Morgan fingerprint density at radius 1 is 1.43 bits per heavy atom. The van der Waals surface area contributed by atoms with E-state index in [9.17, 15) is 9.59 Å². The van der Waals surface area contributed by atoms with Gasteiger partial charge in [-0.1, -0.05) is 0 Å². The molecule has 0 aromatic rings. The molecule has 0 N–H and O–H groups in total. The van der Waals surface area contributed by atoms with Crippen molar-refractivity contribution in [2.45, 2.75) is 38.4 Å². The maximum atomic E-state index is 10.9. The van der Waals surface area contributed by atoms with Gasteiger partial charge in [0.05, 0.1) is 6.07 Å². The molecule has 14 heavy (non-hydrogen) atoms. The molecule has 0 saturated carbocycles. The van der Waals surface area contributed by atoms with E-state index in [1.54, 1.807) is 0 Å². The lowest BCUT2D eigenvalue weighted by Gasteiger charge is -2.32. The van der Waals surface area contributed by atoms with Crippen molar-refractivity contribution in [1.29, 1.82) is 5.26 Å². The molecule has 76 valence electrons. The van der Waals surface area contributed by atoms with Crippen LogP contribution in [0.2, 0.25) is 0 Å². The Morgan fingerprint density at radius 2 is 2.00 bits per heavy atom. The average molecular weight is 197 g/mol. The normalized spacial score (nSPS) is 19.4. The standard InChI is InChI=1S/C9H11NO4/c1-9(4-2-3-5-10)13-7(11)6-8(12)14-9/h2-4,6H2,1H3. The minimum absolute atomic E-state index is 0.326. The van der Waals surface area contributed by atoms with Crippen LogP contribution in [-0.4, -0.2) is 17.7 Å². The highest BCUT2D eigenvalue weighted by Gasteiger charge is 2.38. The summed E-state index contributed by atoms with van der Waals surface area (Å²) in [5.41, 5.74) is 0. The van der Waals surface area contributed by atoms with Gasteiger partial charge >= 0.3 is 11.9 Å². The molecule has 5 nitrogen and oxygen atoms in total. The van der Waals surface area contributed by atoms with Gasteiger partial charge in [-0.3, -0.25) is 9.59 Å². The third-order valence-electron chi connectivity index (χ3n) is 1.87. The molecule has 0 radical (unpaired) electrons. The van der Waals surface area contributed by atoms with E-state index in [4.69, 9.17) is 14.7 Å². The molecule has 0 aromatic carbocycles. The van der Waals surface area contributed by atoms with E-state index in [0.29, 0.717) is 19.3 Å². The topological polar surface area (TPSA) is 76.4 Å². The Morgan fingerprint density at radius 3 is 2.50 bits per heavy atom. The first-order chi connectivity index (χ1) is 6.56. The summed E-state index contributed by atoms with van der Waals surface area (Å²) in [4.78, 5) is 21.9. The third-order valence-corrected chi connectivity index (χ3v) is 1.87. The largest absolute Gasteiger partial charge is 0.422 e. The van der Waals surface area contributed by atoms with E-state index < -0.39 is 17.7 Å². The fraction of sp³-hybridized carbons (Fsp3) is 0.667. The molecule has 0 atom stereocenters. The zero-order valence-corrected chi connectivity index (χ0v) is 7.91. The Balaban J connectivity index is 2.51. The second-order valence-corrected chi connectivity index (χ2v) is 3.27. The van der Waals surface area contributed by atoms with E-state index >= 15 is 0 Å². The van der Waals surface area contributed by atoms with Gasteiger partial charge in [0.2, 0.25) is 0 Å². The first-order valence-electron chi connectivity index (χ1n) is 4.36. The van der Waals surface area contributed by atoms with Crippen LogP contribution in [0.15, 0.2) is 0 Å². The summed E-state index contributed by atoms with van der Waals surface area (Å²) in [7, 11) is 0. The summed E-state index contributed by atoms with van der Waals surface area (Å²) in [6, 6.07) is 1.97. The van der Waals surface area contributed by atoms with Crippen LogP contribution in [0, 0.1) is 11.3 Å². The molecule has 0 bridgehead atoms. The Hall–Kier alpha value is -1.57. The van der Waals surface area contributed by atoms with E-state index in [1.165, 1.54) is 6.92 Å². The van der Waals surface area contributed by atoms with Crippen LogP contribution in [0.4, 0.5) is 0 Å².